The van der Waals surface area contributed by atoms with E-state index in [-0.39, 0.29) is 10.9 Å². The van der Waals surface area contributed by atoms with E-state index in [4.69, 9.17) is 0 Å². The molecule has 3 aromatic carbocycles. The van der Waals surface area contributed by atoms with Gasteiger partial charge in [-0.1, -0.05) is 42.5 Å². The third-order valence-electron chi connectivity index (χ3n) is 3.49. The number of aromatic hydroxyl groups is 1. The molecule has 1 nitrogen and oxygen atoms in total. The summed E-state index contributed by atoms with van der Waals surface area (Å²) in [5.74, 6) is 1.36. The summed E-state index contributed by atoms with van der Waals surface area (Å²) in [6.07, 6.45) is 2.26. The lowest BCUT2D eigenvalue weighted by Crippen LogP contribution is -2.04. The van der Waals surface area contributed by atoms with Gasteiger partial charge >= 0.3 is 6.68 Å². The Hall–Kier alpha value is -2.14. The monoisotopic (exact) mass is 351 g/mol. The molecule has 0 saturated heterocycles. The van der Waals surface area contributed by atoms with Crippen molar-refractivity contribution in [1.29, 1.82) is 0 Å². The lowest BCUT2D eigenvalue weighted by molar-refractivity contribution is 0.00819. The van der Waals surface area contributed by atoms with Crippen LogP contribution in [0.2, 0.25) is 0 Å². The standard InChI is InChI=1S/C18H16OS.CHF3/c1-20(17-11-9-16(19)10-12-17)13-15-7-4-6-14-5-2-3-8-18(14)15;2-1(3)4/h2-12H,13H2,1H3;1H/p+1. The van der Waals surface area contributed by atoms with Crippen LogP contribution in [0, 0.1) is 0 Å². The topological polar surface area (TPSA) is 20.2 Å². The van der Waals surface area contributed by atoms with Crippen molar-refractivity contribution in [3.63, 3.8) is 0 Å². The highest BCUT2D eigenvalue weighted by molar-refractivity contribution is 7.95. The summed E-state index contributed by atoms with van der Waals surface area (Å²) in [5.41, 5.74) is 1.39. The van der Waals surface area contributed by atoms with Gasteiger partial charge in [-0.05, 0) is 35.0 Å². The van der Waals surface area contributed by atoms with Crippen molar-refractivity contribution in [3.8, 4) is 5.75 Å². The molecular weight excluding hydrogens is 333 g/mol. The first-order chi connectivity index (χ1) is 11.5. The molecule has 0 amide bonds. The smallest absolute Gasteiger partial charge is 0.379 e. The number of rotatable bonds is 3. The van der Waals surface area contributed by atoms with Crippen LogP contribution in [-0.4, -0.2) is 18.0 Å². The number of halogens is 3. The Labute approximate surface area is 142 Å². The van der Waals surface area contributed by atoms with Crippen molar-refractivity contribution in [2.75, 3.05) is 6.26 Å². The van der Waals surface area contributed by atoms with E-state index in [1.165, 1.54) is 21.2 Å². The normalized spacial score (nSPS) is 11.9. The van der Waals surface area contributed by atoms with Crippen LogP contribution in [0.1, 0.15) is 5.56 Å². The van der Waals surface area contributed by atoms with E-state index in [1.807, 2.05) is 12.1 Å². The highest BCUT2D eigenvalue weighted by Crippen LogP contribution is 2.24. The minimum atomic E-state index is -3.67. The van der Waals surface area contributed by atoms with Crippen LogP contribution in [0.25, 0.3) is 10.8 Å². The zero-order chi connectivity index (χ0) is 17.5. The fourth-order valence-electron chi connectivity index (χ4n) is 2.41. The van der Waals surface area contributed by atoms with Gasteiger partial charge in [0.05, 0.1) is 0 Å². The van der Waals surface area contributed by atoms with Gasteiger partial charge in [-0.3, -0.25) is 0 Å². The summed E-state index contributed by atoms with van der Waals surface area (Å²) in [5, 5.41) is 12.0. The predicted molar refractivity (Wildman–Crippen MR) is 94.4 cm³/mol. The van der Waals surface area contributed by atoms with Crippen molar-refractivity contribution in [3.05, 3.63) is 72.3 Å². The minimum Gasteiger partial charge on any atom is -0.508 e. The van der Waals surface area contributed by atoms with Crippen molar-refractivity contribution >= 4 is 21.7 Å². The van der Waals surface area contributed by atoms with E-state index in [9.17, 15) is 18.3 Å². The van der Waals surface area contributed by atoms with Crippen molar-refractivity contribution < 1.29 is 18.3 Å². The van der Waals surface area contributed by atoms with Gasteiger partial charge in [0.2, 0.25) is 0 Å². The molecule has 0 heterocycles. The summed E-state index contributed by atoms with van der Waals surface area (Å²) in [6.45, 7) is -3.67. The average Bonchev–Trinajstić information content (AvgIpc) is 2.55. The molecule has 0 spiro atoms. The Morgan fingerprint density at radius 2 is 1.46 bits per heavy atom. The average molecular weight is 351 g/mol. The molecule has 0 aromatic heterocycles. The molecule has 0 bridgehead atoms. The van der Waals surface area contributed by atoms with Crippen LogP contribution in [0.15, 0.2) is 71.6 Å². The second kappa shape index (κ2) is 8.64. The Morgan fingerprint density at radius 3 is 2.12 bits per heavy atom. The summed E-state index contributed by atoms with van der Waals surface area (Å²) in [7, 11) is 0.140. The SMILES string of the molecule is C[S+](Cc1cccc2ccccc12)c1ccc(O)cc1.FC(F)F. The molecule has 0 aliphatic rings. The number of benzene rings is 3. The number of hydrogen-bond acceptors (Lipinski definition) is 1. The Bertz CT molecular complexity index is 767. The molecular formula is C19H18F3OS+. The van der Waals surface area contributed by atoms with Gasteiger partial charge < -0.3 is 5.11 Å². The van der Waals surface area contributed by atoms with Crippen LogP contribution in [0.3, 0.4) is 0 Å². The quantitative estimate of drug-likeness (QED) is 0.615. The second-order valence-electron chi connectivity index (χ2n) is 5.16. The number of alkyl halides is 3. The van der Waals surface area contributed by atoms with Gasteiger partial charge in [-0.15, -0.1) is 0 Å². The molecule has 0 fully saturated rings. The summed E-state index contributed by atoms with van der Waals surface area (Å²) in [6, 6.07) is 22.6. The maximum Gasteiger partial charge on any atom is 0.379 e. The van der Waals surface area contributed by atoms with Gasteiger partial charge in [0.25, 0.3) is 0 Å². The maximum absolute atomic E-state index is 9.67. The molecule has 1 unspecified atom stereocenters. The van der Waals surface area contributed by atoms with Crippen molar-refractivity contribution in [2.24, 2.45) is 0 Å². The molecule has 0 aliphatic carbocycles. The van der Waals surface area contributed by atoms with E-state index in [2.05, 4.69) is 48.7 Å². The molecule has 5 heteroatoms. The Morgan fingerprint density at radius 1 is 0.875 bits per heavy atom. The van der Waals surface area contributed by atoms with Gasteiger partial charge in [0, 0.05) is 16.5 Å². The first kappa shape index (κ1) is 18.2. The van der Waals surface area contributed by atoms with E-state index >= 15 is 0 Å². The third-order valence-corrected chi connectivity index (χ3v) is 5.31. The summed E-state index contributed by atoms with van der Waals surface area (Å²) >= 11 is 0. The van der Waals surface area contributed by atoms with Crippen molar-refractivity contribution in [1.82, 2.24) is 0 Å². The van der Waals surface area contributed by atoms with Gasteiger partial charge in [-0.25, -0.2) is 0 Å². The third kappa shape index (κ3) is 5.20. The highest BCUT2D eigenvalue weighted by atomic mass is 32.2. The van der Waals surface area contributed by atoms with Crippen LogP contribution >= 0.6 is 0 Å². The zero-order valence-corrected chi connectivity index (χ0v) is 13.9. The first-order valence-corrected chi connectivity index (χ1v) is 9.08. The maximum atomic E-state index is 9.67. The van der Waals surface area contributed by atoms with Crippen LogP contribution < -0.4 is 0 Å². The molecule has 1 N–H and O–H groups in total. The number of fused-ring (bicyclic) bond motifs is 1. The number of phenolic OH excluding ortho intramolecular Hbond substituents is 1. The van der Waals surface area contributed by atoms with Gasteiger partial charge in [0.1, 0.15) is 17.8 Å². The predicted octanol–water partition coefficient (Wildman–Crippen LogP) is 5.53. The lowest BCUT2D eigenvalue weighted by atomic mass is 10.1. The van der Waals surface area contributed by atoms with E-state index in [0.717, 1.165) is 5.75 Å². The fraction of sp³-hybridized carbons (Fsp3) is 0.158. The van der Waals surface area contributed by atoms with Crippen molar-refractivity contribution in [2.45, 2.75) is 17.3 Å². The largest absolute Gasteiger partial charge is 0.508 e. The zero-order valence-electron chi connectivity index (χ0n) is 13.1. The highest BCUT2D eigenvalue weighted by Gasteiger charge is 2.17. The van der Waals surface area contributed by atoms with E-state index in [0.29, 0.717) is 5.75 Å². The second-order valence-corrected chi connectivity index (χ2v) is 7.20. The van der Waals surface area contributed by atoms with E-state index < -0.39 is 6.68 Å². The fourth-order valence-corrected chi connectivity index (χ4v) is 3.90. The summed E-state index contributed by atoms with van der Waals surface area (Å²) < 4.78 is 29.0. The Balaban J connectivity index is 0.000000471. The van der Waals surface area contributed by atoms with Gasteiger partial charge in [-0.2, -0.15) is 13.2 Å². The molecule has 1 atom stereocenters. The summed E-state index contributed by atoms with van der Waals surface area (Å²) in [4.78, 5) is 1.29. The molecule has 24 heavy (non-hydrogen) atoms. The molecule has 3 aromatic rings. The number of hydrogen-bond donors (Lipinski definition) is 1. The minimum absolute atomic E-state index is 0.140. The van der Waals surface area contributed by atoms with Crippen LogP contribution in [0.4, 0.5) is 13.2 Å². The van der Waals surface area contributed by atoms with Crippen LogP contribution in [0.5, 0.6) is 5.75 Å². The molecule has 0 saturated carbocycles. The molecule has 3 rings (SSSR count). The number of phenols is 1. The van der Waals surface area contributed by atoms with Gasteiger partial charge in [0.15, 0.2) is 4.90 Å². The van der Waals surface area contributed by atoms with E-state index in [1.54, 1.807) is 12.1 Å². The Kier molecular flexibility index (Phi) is 6.55. The first-order valence-electron chi connectivity index (χ1n) is 7.28. The molecule has 0 aliphatic heterocycles. The molecule has 0 radical (unpaired) electrons. The lowest BCUT2D eigenvalue weighted by Gasteiger charge is -2.07. The van der Waals surface area contributed by atoms with Crippen LogP contribution in [-0.2, 0) is 16.6 Å². The molecule has 126 valence electrons.